The van der Waals surface area contributed by atoms with Gasteiger partial charge in [0.15, 0.2) is 39.1 Å². The van der Waals surface area contributed by atoms with Gasteiger partial charge in [0.1, 0.15) is 5.60 Å². The maximum atomic E-state index is 13.9. The van der Waals surface area contributed by atoms with E-state index in [0.29, 0.717) is 24.2 Å². The molecular formula is C49H96O5Si4. The van der Waals surface area contributed by atoms with Crippen LogP contribution in [0.1, 0.15) is 160 Å². The fourth-order valence-corrected chi connectivity index (χ4v) is 16.7. The lowest BCUT2D eigenvalue weighted by molar-refractivity contribution is -0.133. The predicted octanol–water partition coefficient (Wildman–Crippen LogP) is 15.4. The molecule has 0 heterocycles. The van der Waals surface area contributed by atoms with Gasteiger partial charge in [-0.15, -0.1) is 0 Å². The lowest BCUT2D eigenvalue weighted by atomic mass is 9.60. The number of Topliss-reactive ketones (excluding diaryl/α,β-unsaturated/α-hetero) is 1. The van der Waals surface area contributed by atoms with Crippen molar-refractivity contribution in [2.45, 2.75) is 259 Å². The quantitative estimate of drug-likeness (QED) is 0.128. The van der Waals surface area contributed by atoms with Crippen molar-refractivity contribution in [1.82, 2.24) is 0 Å². The molecule has 0 bridgehead atoms. The number of carbonyl (C=O) groups is 1. The number of fused-ring (bicyclic) bond motifs is 1. The van der Waals surface area contributed by atoms with E-state index in [4.69, 9.17) is 17.7 Å². The van der Waals surface area contributed by atoms with E-state index in [1.54, 1.807) is 5.57 Å². The second-order valence-corrected chi connectivity index (χ2v) is 44.0. The third kappa shape index (κ3) is 14.7. The third-order valence-corrected chi connectivity index (χ3v) is 26.4. The molecule has 0 aromatic heterocycles. The maximum Gasteiger partial charge on any atom is 0.192 e. The Morgan fingerprint density at radius 3 is 1.74 bits per heavy atom. The first-order chi connectivity index (χ1) is 26.0. The molecular weight excluding hydrogens is 781 g/mol. The van der Waals surface area contributed by atoms with Crippen LogP contribution in [0, 0.1) is 23.2 Å². The summed E-state index contributed by atoms with van der Waals surface area (Å²) in [7, 11) is -7.38. The van der Waals surface area contributed by atoms with Gasteiger partial charge >= 0.3 is 0 Å². The van der Waals surface area contributed by atoms with E-state index in [1.165, 1.54) is 44.1 Å². The van der Waals surface area contributed by atoms with E-state index in [1.807, 2.05) is 13.8 Å². The zero-order valence-corrected chi connectivity index (χ0v) is 46.3. The van der Waals surface area contributed by atoms with Crippen LogP contribution in [0.3, 0.4) is 0 Å². The Balaban J connectivity index is 1.91. The molecule has 9 heteroatoms. The van der Waals surface area contributed by atoms with Crippen molar-refractivity contribution in [2.24, 2.45) is 23.2 Å². The number of hydrogen-bond acceptors (Lipinski definition) is 5. The fraction of sp³-hybridized carbons (Fsp3) is 0.898. The highest BCUT2D eigenvalue weighted by atomic mass is 28.4. The van der Waals surface area contributed by atoms with Crippen LogP contribution in [-0.4, -0.2) is 62.5 Å². The molecule has 3 unspecified atom stereocenters. The first-order valence-electron chi connectivity index (χ1n) is 23.6. The normalized spacial score (nSPS) is 27.9. The Kier molecular flexibility index (Phi) is 17.0. The van der Waals surface area contributed by atoms with Crippen molar-refractivity contribution < 1.29 is 22.5 Å². The van der Waals surface area contributed by atoms with E-state index >= 15 is 0 Å². The highest BCUT2D eigenvalue weighted by Crippen LogP contribution is 2.60. The zero-order valence-electron chi connectivity index (χ0n) is 42.3. The molecule has 0 N–H and O–H groups in total. The van der Waals surface area contributed by atoms with Crippen LogP contribution >= 0.6 is 0 Å². The Morgan fingerprint density at radius 1 is 0.741 bits per heavy atom. The molecule has 3 aliphatic rings. The predicted molar refractivity (Wildman–Crippen MR) is 261 cm³/mol. The summed E-state index contributed by atoms with van der Waals surface area (Å²) in [5.74, 6) is 2.05. The van der Waals surface area contributed by atoms with Gasteiger partial charge in [-0.05, 0) is 191 Å². The second-order valence-electron chi connectivity index (χ2n) is 25.6. The minimum Gasteiger partial charge on any atom is -0.414 e. The Hall–Kier alpha value is -0.142. The van der Waals surface area contributed by atoms with Crippen molar-refractivity contribution in [2.75, 3.05) is 0 Å². The van der Waals surface area contributed by atoms with Crippen molar-refractivity contribution >= 4 is 39.1 Å². The fourth-order valence-electron chi connectivity index (χ4n) is 10.6. The second kappa shape index (κ2) is 18.9. The molecule has 3 rings (SSSR count). The summed E-state index contributed by atoms with van der Waals surface area (Å²) in [6.07, 6.45) is 19.8. The molecule has 0 aromatic carbocycles. The number of hydrogen-bond donors (Lipinski definition) is 0. The van der Waals surface area contributed by atoms with Crippen molar-refractivity contribution in [3.05, 3.63) is 23.3 Å². The number of carbonyl (C=O) groups excluding carboxylic acids is 1. The number of rotatable bonds is 18. The van der Waals surface area contributed by atoms with Gasteiger partial charge in [-0.25, -0.2) is 0 Å². The van der Waals surface area contributed by atoms with Crippen LogP contribution in [0.25, 0.3) is 0 Å². The highest BCUT2D eigenvalue weighted by Gasteiger charge is 2.52. The monoisotopic (exact) mass is 877 g/mol. The molecule has 338 valence electrons. The molecule has 5 nitrogen and oxygen atoms in total. The summed E-state index contributed by atoms with van der Waals surface area (Å²) >= 11 is 0. The van der Waals surface area contributed by atoms with Crippen LogP contribution in [0.15, 0.2) is 23.3 Å². The summed E-state index contributed by atoms with van der Waals surface area (Å²) in [5.41, 5.74) is 2.61. The SMILES string of the molecule is CC(C)(CCC[C@@H](CCC(=O)C(C)(C)O[Si](C)(C)C)C1CCC2/C(=C/C=C3/CC(O[Si](C)(C)C(C)(C)C)C[C@H](O[Si](C)(C)C(C)(C)C)C3)CCC[C@@]21C)O[Si](C)(C)C. The molecule has 6 atom stereocenters. The van der Waals surface area contributed by atoms with Gasteiger partial charge in [-0.1, -0.05) is 84.6 Å². The molecule has 3 aliphatic carbocycles. The molecule has 0 spiro atoms. The molecule has 58 heavy (non-hydrogen) atoms. The van der Waals surface area contributed by atoms with Crippen LogP contribution < -0.4 is 0 Å². The van der Waals surface area contributed by atoms with Crippen molar-refractivity contribution in [3.63, 3.8) is 0 Å². The average Bonchev–Trinajstić information content (AvgIpc) is 3.34. The smallest absolute Gasteiger partial charge is 0.192 e. The summed E-state index contributed by atoms with van der Waals surface area (Å²) in [5, 5.41) is 0.359. The molecule has 0 aromatic rings. The highest BCUT2D eigenvalue weighted by molar-refractivity contribution is 6.74. The standard InChI is InChI=1S/C49H96O5Si4/c1-45(2,3)57(18,19)51-40-34-37(35-41(36-40)52-58(20,21)46(4,5)6)26-27-38-25-23-33-49(11)42(38)29-30-43(49)39(24-22-32-47(7,8)53-55(12,13)14)28-31-44(50)48(9,10)54-56(15,16)17/h26-27,39-43H,22-25,28-36H2,1-21H3/b37-26-,38-27+/t39-,40?,41+,42?,43?,49-/m0/s1. The van der Waals surface area contributed by atoms with E-state index < -0.39 is 38.9 Å². The summed E-state index contributed by atoms with van der Waals surface area (Å²) in [4.78, 5) is 13.9. The molecule has 3 saturated carbocycles. The summed E-state index contributed by atoms with van der Waals surface area (Å²) in [6.45, 7) is 48.5. The van der Waals surface area contributed by atoms with Gasteiger partial charge in [0, 0.05) is 6.42 Å². The van der Waals surface area contributed by atoms with Gasteiger partial charge in [-0.3, -0.25) is 4.79 Å². The van der Waals surface area contributed by atoms with Crippen molar-refractivity contribution in [1.29, 1.82) is 0 Å². The van der Waals surface area contributed by atoms with E-state index in [0.717, 1.165) is 38.5 Å². The lowest BCUT2D eigenvalue weighted by Gasteiger charge is -2.45. The topological polar surface area (TPSA) is 54.0 Å². The maximum absolute atomic E-state index is 13.9. The average molecular weight is 878 g/mol. The first-order valence-corrected chi connectivity index (χ1v) is 36.3. The largest absolute Gasteiger partial charge is 0.414 e. The van der Waals surface area contributed by atoms with E-state index in [-0.39, 0.29) is 39.1 Å². The van der Waals surface area contributed by atoms with Gasteiger partial charge in [0.05, 0.1) is 17.8 Å². The summed E-state index contributed by atoms with van der Waals surface area (Å²) < 4.78 is 27.4. The van der Waals surface area contributed by atoms with Gasteiger partial charge in [-0.2, -0.15) is 0 Å². The number of ketones is 1. The molecule has 0 radical (unpaired) electrons. The molecule has 0 amide bonds. The van der Waals surface area contributed by atoms with Gasteiger partial charge < -0.3 is 17.7 Å². The van der Waals surface area contributed by atoms with Crippen LogP contribution in [0.2, 0.25) is 75.5 Å². The van der Waals surface area contributed by atoms with E-state index in [9.17, 15) is 4.79 Å². The summed E-state index contributed by atoms with van der Waals surface area (Å²) in [6, 6.07) is 0. The lowest BCUT2D eigenvalue weighted by Crippen LogP contribution is -2.48. The third-order valence-electron chi connectivity index (χ3n) is 15.1. The Bertz CT molecular complexity index is 1400. The van der Waals surface area contributed by atoms with Crippen LogP contribution in [0.4, 0.5) is 0 Å². The molecule has 0 aliphatic heterocycles. The Morgan fingerprint density at radius 2 is 1.26 bits per heavy atom. The minimum atomic E-state index is -1.93. The first kappa shape index (κ1) is 52.2. The van der Waals surface area contributed by atoms with Crippen LogP contribution in [0.5, 0.6) is 0 Å². The molecule has 0 saturated heterocycles. The van der Waals surface area contributed by atoms with E-state index in [2.05, 4.69) is 140 Å². The van der Waals surface area contributed by atoms with Gasteiger partial charge in [0.2, 0.25) is 0 Å². The Labute approximate surface area is 364 Å². The zero-order chi connectivity index (χ0) is 44.6. The number of allylic oxidation sites excluding steroid dienone is 3. The van der Waals surface area contributed by atoms with Crippen molar-refractivity contribution in [3.8, 4) is 0 Å². The molecule has 3 fully saturated rings. The van der Waals surface area contributed by atoms with Gasteiger partial charge in [0.25, 0.3) is 0 Å². The van der Waals surface area contributed by atoms with Crippen LogP contribution in [-0.2, 0) is 22.5 Å². The minimum absolute atomic E-state index is 0.114.